The summed E-state index contributed by atoms with van der Waals surface area (Å²) in [4.78, 5) is 4.70. The molecule has 0 saturated heterocycles. The van der Waals surface area contributed by atoms with Gasteiger partial charge in [0.1, 0.15) is 11.1 Å². The highest BCUT2D eigenvalue weighted by atomic mass is 35.5. The number of hydrogen-bond acceptors (Lipinski definition) is 4. The van der Waals surface area contributed by atoms with Crippen LogP contribution >= 0.6 is 11.6 Å². The molecule has 0 spiro atoms. The Labute approximate surface area is 162 Å². The maximum absolute atomic E-state index is 9.13. The maximum Gasteiger partial charge on any atom is 0.226 e. The van der Waals surface area contributed by atoms with Crippen molar-refractivity contribution in [2.45, 2.75) is 25.1 Å². The van der Waals surface area contributed by atoms with Crippen LogP contribution in [0.25, 0.3) is 22.6 Å². The molecule has 4 rings (SSSR count). The molecule has 0 bridgehead atoms. The van der Waals surface area contributed by atoms with Gasteiger partial charge in [-0.3, -0.25) is 0 Å². The van der Waals surface area contributed by atoms with E-state index in [1.165, 1.54) is 0 Å². The minimum absolute atomic E-state index is 0.476. The summed E-state index contributed by atoms with van der Waals surface area (Å²) in [5.74, 6) is 1.40. The molecule has 0 radical (unpaired) electrons. The van der Waals surface area contributed by atoms with Gasteiger partial charge < -0.3 is 8.83 Å². The largest absolute Gasteiger partial charge is 0.472 e. The molecule has 1 aromatic carbocycles. The van der Waals surface area contributed by atoms with Gasteiger partial charge >= 0.3 is 0 Å². The predicted molar refractivity (Wildman–Crippen MR) is 104 cm³/mol. The van der Waals surface area contributed by atoms with Crippen LogP contribution in [0.1, 0.15) is 22.6 Å². The summed E-state index contributed by atoms with van der Waals surface area (Å²) in [7, 11) is 0. The first-order valence-corrected chi connectivity index (χ1v) is 9.11. The number of alkyl halides is 1. The van der Waals surface area contributed by atoms with E-state index >= 15 is 0 Å². The van der Waals surface area contributed by atoms with E-state index in [0.717, 1.165) is 39.3 Å². The van der Waals surface area contributed by atoms with Gasteiger partial charge in [0, 0.05) is 24.0 Å². The summed E-state index contributed by atoms with van der Waals surface area (Å²) in [5.41, 5.74) is 6.03. The highest BCUT2D eigenvalue weighted by Crippen LogP contribution is 2.35. The number of rotatable bonds is 5. The number of nitriles is 1. The highest BCUT2D eigenvalue weighted by molar-refractivity contribution is 6.22. The molecule has 4 nitrogen and oxygen atoms in total. The topological polar surface area (TPSA) is 63.0 Å². The van der Waals surface area contributed by atoms with E-state index < -0.39 is 5.38 Å². The summed E-state index contributed by atoms with van der Waals surface area (Å²) < 4.78 is 11.2. The van der Waals surface area contributed by atoms with Crippen LogP contribution in [-0.4, -0.2) is 10.4 Å². The second kappa shape index (κ2) is 7.30. The zero-order valence-corrected chi connectivity index (χ0v) is 15.5. The molecule has 5 heteroatoms. The lowest BCUT2D eigenvalue weighted by molar-refractivity contribution is 0.540. The Morgan fingerprint density at radius 3 is 2.78 bits per heavy atom. The van der Waals surface area contributed by atoms with Crippen molar-refractivity contribution >= 4 is 11.6 Å². The van der Waals surface area contributed by atoms with Crippen molar-refractivity contribution in [2.75, 3.05) is 0 Å². The molecule has 1 atom stereocenters. The number of aromatic nitrogens is 1. The molecular weight excluding hydrogens is 360 g/mol. The summed E-state index contributed by atoms with van der Waals surface area (Å²) >= 11 is 6.13. The standard InChI is InChI=1S/C22H17ClN2O2/c1-14-21(25-22(27-14)15-5-3-2-4-6-15)10-16-9-17-13-26-8-7-19(17)20(16)11-18(23)12-24/h2-9,13,18H,10-11H2,1H3. The van der Waals surface area contributed by atoms with E-state index in [1.807, 2.05) is 43.3 Å². The Bertz CT molecular complexity index is 1080. The van der Waals surface area contributed by atoms with Gasteiger partial charge in [-0.2, -0.15) is 5.26 Å². The molecule has 1 unspecified atom stereocenters. The number of benzene rings is 1. The zero-order valence-electron chi connectivity index (χ0n) is 14.8. The van der Waals surface area contributed by atoms with Crippen LogP contribution in [0.4, 0.5) is 0 Å². The molecular formula is C22H17ClN2O2. The van der Waals surface area contributed by atoms with E-state index in [2.05, 4.69) is 12.1 Å². The van der Waals surface area contributed by atoms with Crippen molar-refractivity contribution < 1.29 is 8.83 Å². The molecule has 1 aliphatic heterocycles. The van der Waals surface area contributed by atoms with Gasteiger partial charge in [0.2, 0.25) is 5.89 Å². The van der Waals surface area contributed by atoms with Crippen LogP contribution < -0.4 is 0 Å². The molecule has 134 valence electrons. The fourth-order valence-electron chi connectivity index (χ4n) is 3.31. The third kappa shape index (κ3) is 3.47. The van der Waals surface area contributed by atoms with Crippen LogP contribution in [0.3, 0.4) is 0 Å². The van der Waals surface area contributed by atoms with Gasteiger partial charge in [0.25, 0.3) is 0 Å². The lowest BCUT2D eigenvalue weighted by Gasteiger charge is -2.07. The SMILES string of the molecule is Cc1oc(-c2ccccc2)nc1Cc1cc2coccc-2c1CC(Cl)C#N. The number of fused-ring (bicyclic) bond motifs is 1. The van der Waals surface area contributed by atoms with Crippen molar-refractivity contribution in [3.05, 3.63) is 77.6 Å². The van der Waals surface area contributed by atoms with Crippen LogP contribution in [0.2, 0.25) is 0 Å². The van der Waals surface area contributed by atoms with E-state index in [0.29, 0.717) is 18.7 Å². The Morgan fingerprint density at radius 1 is 1.19 bits per heavy atom. The van der Waals surface area contributed by atoms with Crippen LogP contribution in [-0.2, 0) is 12.8 Å². The van der Waals surface area contributed by atoms with Crippen molar-refractivity contribution in [2.24, 2.45) is 0 Å². The quantitative estimate of drug-likeness (QED) is 0.424. The summed E-state index contributed by atoms with van der Waals surface area (Å²) in [5, 5.41) is 8.55. The molecule has 0 amide bonds. The first-order chi connectivity index (χ1) is 13.2. The first-order valence-electron chi connectivity index (χ1n) is 8.67. The zero-order chi connectivity index (χ0) is 18.8. The molecule has 2 aliphatic rings. The van der Waals surface area contributed by atoms with Gasteiger partial charge in [-0.15, -0.1) is 11.6 Å². The number of oxazole rings is 1. The van der Waals surface area contributed by atoms with Crippen molar-refractivity contribution in [1.82, 2.24) is 4.98 Å². The lowest BCUT2D eigenvalue weighted by Crippen LogP contribution is -2.03. The van der Waals surface area contributed by atoms with Gasteiger partial charge in [0.05, 0.1) is 24.3 Å². The molecule has 2 heterocycles. The minimum Gasteiger partial charge on any atom is -0.472 e. The first kappa shape index (κ1) is 17.4. The maximum atomic E-state index is 9.13. The normalized spacial score (nSPS) is 12.2. The van der Waals surface area contributed by atoms with Crippen LogP contribution in [0.5, 0.6) is 0 Å². The van der Waals surface area contributed by atoms with Gasteiger partial charge in [0.15, 0.2) is 0 Å². The Morgan fingerprint density at radius 2 is 2.00 bits per heavy atom. The Balaban J connectivity index is 1.72. The fourth-order valence-corrected chi connectivity index (χ4v) is 3.47. The predicted octanol–water partition coefficient (Wildman–Crippen LogP) is 5.61. The minimum atomic E-state index is -0.579. The Kier molecular flexibility index (Phi) is 4.70. The average Bonchev–Trinajstić information content (AvgIpc) is 3.23. The van der Waals surface area contributed by atoms with E-state index in [1.54, 1.807) is 12.5 Å². The van der Waals surface area contributed by atoms with E-state index in [-0.39, 0.29) is 0 Å². The molecule has 2 aromatic rings. The molecule has 27 heavy (non-hydrogen) atoms. The Hall–Kier alpha value is -3.03. The van der Waals surface area contributed by atoms with Gasteiger partial charge in [-0.05, 0) is 47.9 Å². The summed E-state index contributed by atoms with van der Waals surface area (Å²) in [6, 6.07) is 15.9. The van der Waals surface area contributed by atoms with E-state index in [9.17, 15) is 0 Å². The fraction of sp³-hybridized carbons (Fsp3) is 0.182. The molecule has 0 fully saturated rings. The third-order valence-corrected chi connectivity index (χ3v) is 4.91. The third-order valence-electron chi connectivity index (χ3n) is 4.66. The molecule has 0 saturated carbocycles. The van der Waals surface area contributed by atoms with Gasteiger partial charge in [-0.1, -0.05) is 18.2 Å². The van der Waals surface area contributed by atoms with Crippen molar-refractivity contribution in [1.29, 1.82) is 5.26 Å². The smallest absolute Gasteiger partial charge is 0.226 e. The molecule has 1 aromatic heterocycles. The van der Waals surface area contributed by atoms with Crippen LogP contribution in [0.15, 0.2) is 63.8 Å². The summed E-state index contributed by atoms with van der Waals surface area (Å²) in [6.45, 7) is 1.92. The monoisotopic (exact) mass is 376 g/mol. The highest BCUT2D eigenvalue weighted by Gasteiger charge is 2.21. The van der Waals surface area contributed by atoms with Crippen LogP contribution in [0, 0.1) is 18.3 Å². The summed E-state index contributed by atoms with van der Waals surface area (Å²) in [6.07, 6.45) is 4.44. The molecule has 0 N–H and O–H groups in total. The van der Waals surface area contributed by atoms with Crippen molar-refractivity contribution in [3.63, 3.8) is 0 Å². The second-order valence-corrected chi connectivity index (χ2v) is 6.97. The number of halogens is 1. The van der Waals surface area contributed by atoms with Gasteiger partial charge in [-0.25, -0.2) is 4.98 Å². The second-order valence-electron chi connectivity index (χ2n) is 6.44. The van der Waals surface area contributed by atoms with Crippen molar-refractivity contribution in [3.8, 4) is 28.7 Å². The number of nitrogens with zero attached hydrogens (tertiary/aromatic N) is 2. The molecule has 1 aliphatic carbocycles. The number of aryl methyl sites for hydroxylation is 1. The number of hydrogen-bond donors (Lipinski definition) is 0. The average molecular weight is 377 g/mol. The van der Waals surface area contributed by atoms with E-state index in [4.69, 9.17) is 30.7 Å². The lowest BCUT2D eigenvalue weighted by atomic mass is 10.0.